The molecule has 0 aromatic carbocycles. The van der Waals surface area contributed by atoms with Crippen molar-refractivity contribution >= 4 is 28.7 Å². The normalized spacial score (nSPS) is 20.9. The second-order valence-corrected chi connectivity index (χ2v) is 5.97. The highest BCUT2D eigenvalue weighted by Gasteiger charge is 2.34. The van der Waals surface area contributed by atoms with Gasteiger partial charge in [-0.15, -0.1) is 11.6 Å². The van der Waals surface area contributed by atoms with Crippen LogP contribution in [0.4, 0.5) is 0 Å². The third kappa shape index (κ3) is 1.88. The molecular formula is C14H17ClN4O. The van der Waals surface area contributed by atoms with Crippen LogP contribution >= 0.6 is 11.6 Å². The number of nitrogens with zero attached hydrogens (tertiary/aromatic N) is 4. The van der Waals surface area contributed by atoms with Crippen LogP contribution in [-0.2, 0) is 4.79 Å². The number of aryl methyl sites for hydroxylation is 1. The van der Waals surface area contributed by atoms with Gasteiger partial charge in [0.1, 0.15) is 17.4 Å². The molecular weight excluding hydrogens is 276 g/mol. The fraction of sp³-hybridized carbons (Fsp3) is 0.500. The van der Waals surface area contributed by atoms with E-state index in [1.807, 2.05) is 31.5 Å². The number of carbonyl (C=O) groups is 1. The lowest BCUT2D eigenvalue weighted by Gasteiger charge is -2.16. The predicted molar refractivity (Wildman–Crippen MR) is 77.8 cm³/mol. The third-order valence-corrected chi connectivity index (χ3v) is 4.07. The minimum Gasteiger partial charge on any atom is -0.344 e. The summed E-state index contributed by atoms with van der Waals surface area (Å²) < 4.78 is 1.92. The van der Waals surface area contributed by atoms with E-state index in [1.165, 1.54) is 0 Å². The zero-order valence-corrected chi connectivity index (χ0v) is 12.6. The fourth-order valence-electron chi connectivity index (χ4n) is 2.76. The monoisotopic (exact) mass is 292 g/mol. The van der Waals surface area contributed by atoms with Crippen molar-refractivity contribution in [3.05, 3.63) is 23.7 Å². The molecule has 1 fully saturated rings. The van der Waals surface area contributed by atoms with Gasteiger partial charge in [-0.05, 0) is 31.9 Å². The van der Waals surface area contributed by atoms with Gasteiger partial charge in [0.05, 0.1) is 5.38 Å². The van der Waals surface area contributed by atoms with E-state index < -0.39 is 0 Å². The van der Waals surface area contributed by atoms with Crippen molar-refractivity contribution in [2.75, 3.05) is 13.6 Å². The van der Waals surface area contributed by atoms with Gasteiger partial charge in [0.25, 0.3) is 0 Å². The van der Waals surface area contributed by atoms with Crippen molar-refractivity contribution in [2.24, 2.45) is 0 Å². The van der Waals surface area contributed by atoms with Gasteiger partial charge in [0, 0.05) is 19.8 Å². The Morgan fingerprint density at radius 1 is 1.50 bits per heavy atom. The summed E-state index contributed by atoms with van der Waals surface area (Å²) in [5.41, 5.74) is 2.63. The third-order valence-electron chi connectivity index (χ3n) is 3.87. The minimum absolute atomic E-state index is 0.103. The molecule has 3 rings (SSSR count). The molecule has 1 saturated heterocycles. The van der Waals surface area contributed by atoms with Crippen LogP contribution in [0, 0.1) is 6.92 Å². The first-order valence-corrected chi connectivity index (χ1v) is 7.17. The Hall–Kier alpha value is -1.62. The SMILES string of the molecule is Cc1ccnc2c1nc(C(C)Cl)n2C1CCN(C)C1=O. The van der Waals surface area contributed by atoms with Crippen LogP contribution in [0.1, 0.15) is 36.2 Å². The van der Waals surface area contributed by atoms with Crippen LogP contribution in [0.3, 0.4) is 0 Å². The van der Waals surface area contributed by atoms with E-state index in [4.69, 9.17) is 11.6 Å². The van der Waals surface area contributed by atoms with Crippen LogP contribution < -0.4 is 0 Å². The molecule has 1 aliphatic heterocycles. The largest absolute Gasteiger partial charge is 0.344 e. The predicted octanol–water partition coefficient (Wildman–Crippen LogP) is 2.44. The Morgan fingerprint density at radius 3 is 2.85 bits per heavy atom. The number of carbonyl (C=O) groups excluding carboxylic acids is 1. The smallest absolute Gasteiger partial charge is 0.245 e. The summed E-state index contributed by atoms with van der Waals surface area (Å²) in [7, 11) is 1.82. The zero-order valence-electron chi connectivity index (χ0n) is 11.8. The highest BCUT2D eigenvalue weighted by atomic mass is 35.5. The molecule has 1 aliphatic rings. The Balaban J connectivity index is 2.25. The zero-order chi connectivity index (χ0) is 14.4. The molecule has 3 heterocycles. The molecule has 5 nitrogen and oxygen atoms in total. The first kappa shape index (κ1) is 13.4. The van der Waals surface area contributed by atoms with Crippen LogP contribution in [0.25, 0.3) is 11.2 Å². The number of amides is 1. The first-order valence-electron chi connectivity index (χ1n) is 6.73. The molecule has 0 aliphatic carbocycles. The number of fused-ring (bicyclic) bond motifs is 1. The van der Waals surface area contributed by atoms with Gasteiger partial charge in [-0.3, -0.25) is 9.36 Å². The van der Waals surface area contributed by atoms with Crippen LogP contribution in [-0.4, -0.2) is 38.9 Å². The number of aromatic nitrogens is 3. The molecule has 20 heavy (non-hydrogen) atoms. The van der Waals surface area contributed by atoms with Crippen molar-refractivity contribution < 1.29 is 4.79 Å². The van der Waals surface area contributed by atoms with Gasteiger partial charge in [-0.2, -0.15) is 0 Å². The minimum atomic E-state index is -0.262. The van der Waals surface area contributed by atoms with Gasteiger partial charge in [0.15, 0.2) is 5.65 Å². The summed E-state index contributed by atoms with van der Waals surface area (Å²) in [5, 5.41) is -0.262. The summed E-state index contributed by atoms with van der Waals surface area (Å²) in [6, 6.07) is 1.68. The molecule has 0 saturated carbocycles. The molecule has 2 aromatic rings. The Labute approximate surface area is 122 Å². The van der Waals surface area contributed by atoms with Crippen LogP contribution in [0.5, 0.6) is 0 Å². The number of alkyl halides is 1. The number of pyridine rings is 1. The van der Waals surface area contributed by atoms with E-state index in [9.17, 15) is 4.79 Å². The van der Waals surface area contributed by atoms with Crippen molar-refractivity contribution in [1.29, 1.82) is 0 Å². The molecule has 2 aromatic heterocycles. The van der Waals surface area contributed by atoms with E-state index in [0.717, 1.165) is 35.5 Å². The number of hydrogen-bond acceptors (Lipinski definition) is 3. The Kier molecular flexibility index (Phi) is 3.17. The molecule has 2 unspecified atom stereocenters. The maximum Gasteiger partial charge on any atom is 0.245 e. The summed E-state index contributed by atoms with van der Waals surface area (Å²) in [4.78, 5) is 23.1. The summed E-state index contributed by atoms with van der Waals surface area (Å²) >= 11 is 6.26. The van der Waals surface area contributed by atoms with E-state index in [0.29, 0.717) is 0 Å². The van der Waals surface area contributed by atoms with Gasteiger partial charge in [-0.25, -0.2) is 9.97 Å². The maximum atomic E-state index is 12.3. The van der Waals surface area contributed by atoms with Crippen molar-refractivity contribution in [3.63, 3.8) is 0 Å². The van der Waals surface area contributed by atoms with Gasteiger partial charge in [-0.1, -0.05) is 0 Å². The fourth-order valence-corrected chi connectivity index (χ4v) is 2.91. The van der Waals surface area contributed by atoms with Gasteiger partial charge in [0.2, 0.25) is 5.91 Å². The summed E-state index contributed by atoms with van der Waals surface area (Å²) in [6.07, 6.45) is 2.52. The highest BCUT2D eigenvalue weighted by molar-refractivity contribution is 6.20. The number of hydrogen-bond donors (Lipinski definition) is 0. The number of rotatable bonds is 2. The molecule has 0 radical (unpaired) electrons. The highest BCUT2D eigenvalue weighted by Crippen LogP contribution is 2.32. The van der Waals surface area contributed by atoms with Crippen LogP contribution in [0.15, 0.2) is 12.3 Å². The number of likely N-dealkylation sites (tertiary alicyclic amines) is 1. The molecule has 0 N–H and O–H groups in total. The van der Waals surface area contributed by atoms with E-state index >= 15 is 0 Å². The molecule has 106 valence electrons. The second kappa shape index (κ2) is 4.74. The molecule has 0 spiro atoms. The van der Waals surface area contributed by atoms with E-state index in [2.05, 4.69) is 9.97 Å². The number of likely N-dealkylation sites (N-methyl/N-ethyl adjacent to an activating group) is 1. The lowest BCUT2D eigenvalue weighted by molar-refractivity contribution is -0.129. The summed E-state index contributed by atoms with van der Waals surface area (Å²) in [6.45, 7) is 4.62. The Morgan fingerprint density at radius 2 is 2.25 bits per heavy atom. The molecule has 0 bridgehead atoms. The molecule has 6 heteroatoms. The van der Waals surface area contributed by atoms with E-state index in [1.54, 1.807) is 11.1 Å². The van der Waals surface area contributed by atoms with Gasteiger partial charge >= 0.3 is 0 Å². The molecule has 1 amide bonds. The second-order valence-electron chi connectivity index (χ2n) is 5.32. The van der Waals surface area contributed by atoms with Gasteiger partial charge < -0.3 is 4.90 Å². The van der Waals surface area contributed by atoms with Crippen molar-refractivity contribution in [2.45, 2.75) is 31.7 Å². The average molecular weight is 293 g/mol. The van der Waals surface area contributed by atoms with E-state index in [-0.39, 0.29) is 17.3 Å². The first-order chi connectivity index (χ1) is 9.50. The summed E-state index contributed by atoms with van der Waals surface area (Å²) in [5.74, 6) is 0.822. The number of imidazole rings is 1. The topological polar surface area (TPSA) is 51.0 Å². The van der Waals surface area contributed by atoms with Crippen molar-refractivity contribution in [3.8, 4) is 0 Å². The molecule has 2 atom stereocenters. The average Bonchev–Trinajstić information content (AvgIpc) is 2.93. The maximum absolute atomic E-state index is 12.3. The van der Waals surface area contributed by atoms with Crippen LogP contribution in [0.2, 0.25) is 0 Å². The standard InChI is InChI=1S/C14H17ClN4O/c1-8-4-6-16-13-11(8)17-12(9(2)15)19(13)10-5-7-18(3)14(10)20/h4,6,9-10H,5,7H2,1-3H3. The lowest BCUT2D eigenvalue weighted by atomic mass is 10.2. The lowest BCUT2D eigenvalue weighted by Crippen LogP contribution is -2.25. The Bertz CT molecular complexity index is 679. The quantitative estimate of drug-likeness (QED) is 0.799. The van der Waals surface area contributed by atoms with Crippen molar-refractivity contribution in [1.82, 2.24) is 19.4 Å². The number of halogens is 1.